The Balaban J connectivity index is 2.19. The van der Waals surface area contributed by atoms with Crippen molar-refractivity contribution in [1.29, 1.82) is 0 Å². The molecule has 1 aromatic carbocycles. The summed E-state index contributed by atoms with van der Waals surface area (Å²) in [5.41, 5.74) is 6.42. The van der Waals surface area contributed by atoms with Gasteiger partial charge in [-0.3, -0.25) is 4.79 Å². The van der Waals surface area contributed by atoms with Gasteiger partial charge in [0.2, 0.25) is 5.91 Å². The highest BCUT2D eigenvalue weighted by atomic mass is 16.1. The van der Waals surface area contributed by atoms with Crippen LogP contribution in [0.3, 0.4) is 0 Å². The van der Waals surface area contributed by atoms with Gasteiger partial charge in [0.25, 0.3) is 0 Å². The minimum Gasteiger partial charge on any atom is -0.353 e. The fraction of sp³-hybridized carbons (Fsp3) is 0.357. The SMILES string of the molecule is NCCCCCNC(=O)/C=C/c1ccccc1. The van der Waals surface area contributed by atoms with Crippen LogP contribution in [0.4, 0.5) is 0 Å². The number of hydrogen-bond donors (Lipinski definition) is 2. The average Bonchev–Trinajstić information content (AvgIpc) is 2.37. The molecule has 0 radical (unpaired) electrons. The van der Waals surface area contributed by atoms with E-state index in [1.54, 1.807) is 6.08 Å². The first-order valence-electron chi connectivity index (χ1n) is 6.04. The molecule has 1 amide bonds. The Bertz CT molecular complexity index is 346. The molecule has 3 nitrogen and oxygen atoms in total. The Kier molecular flexibility index (Phi) is 6.75. The van der Waals surface area contributed by atoms with E-state index in [-0.39, 0.29) is 5.91 Å². The van der Waals surface area contributed by atoms with Crippen molar-refractivity contribution in [2.24, 2.45) is 5.73 Å². The predicted molar refractivity (Wildman–Crippen MR) is 71.4 cm³/mol. The molecule has 92 valence electrons. The molecule has 0 aromatic heterocycles. The first-order chi connectivity index (χ1) is 8.33. The molecule has 0 aliphatic rings. The molecule has 1 aromatic rings. The lowest BCUT2D eigenvalue weighted by atomic mass is 10.2. The Morgan fingerprint density at radius 2 is 1.94 bits per heavy atom. The standard InChI is InChI=1S/C14H20N2O/c15-11-5-2-6-12-16-14(17)10-9-13-7-3-1-4-8-13/h1,3-4,7-10H,2,5-6,11-12,15H2,(H,16,17)/b10-9+. The van der Waals surface area contributed by atoms with E-state index in [1.807, 2.05) is 36.4 Å². The number of amides is 1. The first-order valence-corrected chi connectivity index (χ1v) is 6.04. The summed E-state index contributed by atoms with van der Waals surface area (Å²) >= 11 is 0. The van der Waals surface area contributed by atoms with Crippen molar-refractivity contribution in [2.75, 3.05) is 13.1 Å². The van der Waals surface area contributed by atoms with Crippen LogP contribution >= 0.6 is 0 Å². The van der Waals surface area contributed by atoms with Crippen LogP contribution in [0.15, 0.2) is 36.4 Å². The molecule has 0 heterocycles. The molecular weight excluding hydrogens is 212 g/mol. The minimum absolute atomic E-state index is 0.0402. The Morgan fingerprint density at radius 1 is 1.18 bits per heavy atom. The van der Waals surface area contributed by atoms with Crippen molar-refractivity contribution in [3.63, 3.8) is 0 Å². The van der Waals surface area contributed by atoms with Gasteiger partial charge in [0.05, 0.1) is 0 Å². The molecule has 0 aliphatic heterocycles. The van der Waals surface area contributed by atoms with Gasteiger partial charge < -0.3 is 11.1 Å². The number of carbonyl (C=O) groups excluding carboxylic acids is 1. The van der Waals surface area contributed by atoms with Gasteiger partial charge in [-0.25, -0.2) is 0 Å². The highest BCUT2D eigenvalue weighted by Crippen LogP contribution is 2.00. The van der Waals surface area contributed by atoms with E-state index in [1.165, 1.54) is 0 Å². The number of nitrogens with two attached hydrogens (primary N) is 1. The largest absolute Gasteiger partial charge is 0.353 e. The molecule has 17 heavy (non-hydrogen) atoms. The van der Waals surface area contributed by atoms with E-state index >= 15 is 0 Å². The quantitative estimate of drug-likeness (QED) is 0.557. The zero-order valence-corrected chi connectivity index (χ0v) is 10.1. The van der Waals surface area contributed by atoms with Crippen LogP contribution in [0, 0.1) is 0 Å². The van der Waals surface area contributed by atoms with Gasteiger partial charge in [-0.15, -0.1) is 0 Å². The lowest BCUT2D eigenvalue weighted by Crippen LogP contribution is -2.22. The Morgan fingerprint density at radius 3 is 2.65 bits per heavy atom. The molecule has 1 rings (SSSR count). The van der Waals surface area contributed by atoms with Crippen molar-refractivity contribution < 1.29 is 4.79 Å². The van der Waals surface area contributed by atoms with E-state index in [0.717, 1.165) is 37.9 Å². The molecule has 0 saturated heterocycles. The molecule has 0 saturated carbocycles. The summed E-state index contributed by atoms with van der Waals surface area (Å²) in [6, 6.07) is 9.78. The smallest absolute Gasteiger partial charge is 0.243 e. The number of rotatable bonds is 7. The summed E-state index contributed by atoms with van der Waals surface area (Å²) in [7, 11) is 0. The summed E-state index contributed by atoms with van der Waals surface area (Å²) < 4.78 is 0. The van der Waals surface area contributed by atoms with Gasteiger partial charge in [0, 0.05) is 12.6 Å². The van der Waals surface area contributed by atoms with Gasteiger partial charge in [0.1, 0.15) is 0 Å². The summed E-state index contributed by atoms with van der Waals surface area (Å²) in [5.74, 6) is -0.0402. The van der Waals surface area contributed by atoms with E-state index in [2.05, 4.69) is 5.32 Å². The van der Waals surface area contributed by atoms with Crippen molar-refractivity contribution in [2.45, 2.75) is 19.3 Å². The number of carbonyl (C=O) groups is 1. The summed E-state index contributed by atoms with van der Waals surface area (Å²) in [6.45, 7) is 1.44. The normalized spacial score (nSPS) is 10.6. The second kappa shape index (κ2) is 8.53. The van der Waals surface area contributed by atoms with Crippen molar-refractivity contribution in [3.8, 4) is 0 Å². The molecule has 0 bridgehead atoms. The Labute approximate surface area is 103 Å². The lowest BCUT2D eigenvalue weighted by molar-refractivity contribution is -0.116. The predicted octanol–water partition coefficient (Wildman–Crippen LogP) is 1.94. The maximum atomic E-state index is 11.4. The molecule has 0 fully saturated rings. The van der Waals surface area contributed by atoms with Gasteiger partial charge in [-0.2, -0.15) is 0 Å². The van der Waals surface area contributed by atoms with Gasteiger partial charge in [-0.05, 0) is 31.0 Å². The number of hydrogen-bond acceptors (Lipinski definition) is 2. The third-order valence-corrected chi connectivity index (χ3v) is 2.41. The van der Waals surface area contributed by atoms with Crippen molar-refractivity contribution >= 4 is 12.0 Å². The van der Waals surface area contributed by atoms with E-state index in [4.69, 9.17) is 5.73 Å². The molecule has 3 N–H and O–H groups in total. The highest BCUT2D eigenvalue weighted by Gasteiger charge is 1.94. The molecule has 0 unspecified atom stereocenters. The van der Waals surface area contributed by atoms with Crippen LogP contribution in [-0.4, -0.2) is 19.0 Å². The summed E-state index contributed by atoms with van der Waals surface area (Å²) in [5, 5.41) is 2.85. The van der Waals surface area contributed by atoms with Crippen LogP contribution in [0.1, 0.15) is 24.8 Å². The van der Waals surface area contributed by atoms with Crippen molar-refractivity contribution in [1.82, 2.24) is 5.32 Å². The van der Waals surface area contributed by atoms with E-state index in [9.17, 15) is 4.79 Å². The van der Waals surface area contributed by atoms with E-state index < -0.39 is 0 Å². The zero-order chi connectivity index (χ0) is 12.3. The monoisotopic (exact) mass is 232 g/mol. The topological polar surface area (TPSA) is 55.1 Å². The zero-order valence-electron chi connectivity index (χ0n) is 10.1. The molecular formula is C14H20N2O. The Hall–Kier alpha value is -1.61. The number of unbranched alkanes of at least 4 members (excludes halogenated alkanes) is 2. The number of nitrogens with one attached hydrogen (secondary N) is 1. The second-order valence-electron chi connectivity index (χ2n) is 3.88. The molecule has 3 heteroatoms. The first kappa shape index (κ1) is 13.5. The molecule has 0 aliphatic carbocycles. The van der Waals surface area contributed by atoms with E-state index in [0.29, 0.717) is 0 Å². The van der Waals surface area contributed by atoms with Crippen LogP contribution in [0.25, 0.3) is 6.08 Å². The highest BCUT2D eigenvalue weighted by molar-refractivity contribution is 5.91. The second-order valence-corrected chi connectivity index (χ2v) is 3.88. The molecule has 0 atom stereocenters. The van der Waals surface area contributed by atoms with Gasteiger partial charge >= 0.3 is 0 Å². The third-order valence-electron chi connectivity index (χ3n) is 2.41. The van der Waals surface area contributed by atoms with Crippen LogP contribution in [0.2, 0.25) is 0 Å². The van der Waals surface area contributed by atoms with Gasteiger partial charge in [-0.1, -0.05) is 36.8 Å². The van der Waals surface area contributed by atoms with Crippen LogP contribution in [0.5, 0.6) is 0 Å². The maximum absolute atomic E-state index is 11.4. The average molecular weight is 232 g/mol. The summed E-state index contributed by atoms with van der Waals surface area (Å²) in [6.07, 6.45) is 6.46. The van der Waals surface area contributed by atoms with Crippen LogP contribution < -0.4 is 11.1 Å². The fourth-order valence-corrected chi connectivity index (χ4v) is 1.45. The maximum Gasteiger partial charge on any atom is 0.243 e. The minimum atomic E-state index is -0.0402. The number of benzene rings is 1. The van der Waals surface area contributed by atoms with Crippen LogP contribution in [-0.2, 0) is 4.79 Å². The third kappa shape index (κ3) is 6.53. The molecule has 0 spiro atoms. The lowest BCUT2D eigenvalue weighted by Gasteiger charge is -2.01. The fourth-order valence-electron chi connectivity index (χ4n) is 1.45. The summed E-state index contributed by atoms with van der Waals surface area (Å²) in [4.78, 5) is 11.4. The van der Waals surface area contributed by atoms with Crippen molar-refractivity contribution in [3.05, 3.63) is 42.0 Å². The van der Waals surface area contributed by atoms with Gasteiger partial charge in [0.15, 0.2) is 0 Å².